The summed E-state index contributed by atoms with van der Waals surface area (Å²) in [4.78, 5) is 0. The molecule has 1 atom stereocenters. The molecule has 0 saturated carbocycles. The minimum atomic E-state index is -0.683. The first-order valence-electron chi connectivity index (χ1n) is 6.69. The molecule has 0 bridgehead atoms. The lowest BCUT2D eigenvalue weighted by atomic mass is 9.97. The normalized spacial score (nSPS) is 12.7. The second-order valence-electron chi connectivity index (χ2n) is 5.42. The van der Waals surface area contributed by atoms with Crippen LogP contribution in [-0.2, 0) is 6.42 Å². The number of hydrogen-bond donors (Lipinski definition) is 1. The number of hydrogen-bond acceptors (Lipinski definition) is 1. The molecule has 0 aliphatic rings. The summed E-state index contributed by atoms with van der Waals surface area (Å²) in [5.41, 5.74) is 2.89. The van der Waals surface area contributed by atoms with Crippen LogP contribution in [0, 0.1) is 5.92 Å². The van der Waals surface area contributed by atoms with E-state index in [9.17, 15) is 5.11 Å². The molecule has 20 heavy (non-hydrogen) atoms. The molecule has 2 aromatic carbocycles. The highest BCUT2D eigenvalue weighted by Crippen LogP contribution is 2.29. The summed E-state index contributed by atoms with van der Waals surface area (Å²) in [6.45, 7) is 4.39. The van der Waals surface area contributed by atoms with Gasteiger partial charge in [-0.25, -0.2) is 0 Å². The van der Waals surface area contributed by atoms with E-state index in [1.807, 2.05) is 12.1 Å². The second kappa shape index (κ2) is 6.62. The molecule has 1 unspecified atom stereocenters. The average Bonchev–Trinajstić information content (AvgIpc) is 2.41. The van der Waals surface area contributed by atoms with E-state index < -0.39 is 6.10 Å². The first-order valence-corrected chi connectivity index (χ1v) is 7.45. The topological polar surface area (TPSA) is 20.2 Å². The van der Waals surface area contributed by atoms with Crippen LogP contribution < -0.4 is 0 Å². The van der Waals surface area contributed by atoms with Gasteiger partial charge in [0, 0.05) is 0 Å². The molecule has 3 heteroatoms. The van der Waals surface area contributed by atoms with E-state index in [-0.39, 0.29) is 0 Å². The van der Waals surface area contributed by atoms with E-state index >= 15 is 0 Å². The minimum Gasteiger partial charge on any atom is -0.384 e. The molecule has 0 amide bonds. The highest BCUT2D eigenvalue weighted by Gasteiger charge is 2.12. The van der Waals surface area contributed by atoms with Crippen molar-refractivity contribution < 1.29 is 5.11 Å². The highest BCUT2D eigenvalue weighted by atomic mass is 35.5. The fourth-order valence-corrected chi connectivity index (χ4v) is 2.49. The van der Waals surface area contributed by atoms with Crippen LogP contribution in [0.1, 0.15) is 36.6 Å². The van der Waals surface area contributed by atoms with Crippen molar-refractivity contribution >= 4 is 23.2 Å². The van der Waals surface area contributed by atoms with E-state index in [2.05, 4.69) is 26.0 Å². The van der Waals surface area contributed by atoms with Gasteiger partial charge in [0.1, 0.15) is 6.10 Å². The molecule has 106 valence electrons. The fraction of sp³-hybridized carbons (Fsp3) is 0.294. The summed E-state index contributed by atoms with van der Waals surface area (Å²) in [6.07, 6.45) is 0.362. The number of halogens is 2. The standard InChI is InChI=1S/C17H18Cl2O/c1-11(2)9-12-3-5-13(6-4-12)17(20)14-7-8-15(18)16(19)10-14/h3-8,10-11,17,20H,9H2,1-2H3. The fourth-order valence-electron chi connectivity index (χ4n) is 2.18. The maximum absolute atomic E-state index is 10.4. The number of aliphatic hydroxyl groups excluding tert-OH is 1. The lowest BCUT2D eigenvalue weighted by Crippen LogP contribution is -2.00. The van der Waals surface area contributed by atoms with Crippen LogP contribution in [0.15, 0.2) is 42.5 Å². The summed E-state index contributed by atoms with van der Waals surface area (Å²) in [5.74, 6) is 0.626. The van der Waals surface area contributed by atoms with E-state index in [1.165, 1.54) is 5.56 Å². The van der Waals surface area contributed by atoms with Crippen molar-refractivity contribution in [1.82, 2.24) is 0 Å². The van der Waals surface area contributed by atoms with Gasteiger partial charge in [-0.1, -0.05) is 67.4 Å². The van der Waals surface area contributed by atoms with Crippen LogP contribution >= 0.6 is 23.2 Å². The molecule has 0 heterocycles. The largest absolute Gasteiger partial charge is 0.384 e. The molecule has 0 aliphatic heterocycles. The lowest BCUT2D eigenvalue weighted by molar-refractivity contribution is 0.220. The Hall–Kier alpha value is -1.02. The minimum absolute atomic E-state index is 0.458. The summed E-state index contributed by atoms with van der Waals surface area (Å²) in [5, 5.41) is 11.3. The Morgan fingerprint density at radius 3 is 2.05 bits per heavy atom. The van der Waals surface area contributed by atoms with Crippen molar-refractivity contribution in [2.24, 2.45) is 5.92 Å². The number of rotatable bonds is 4. The summed E-state index contributed by atoms with van der Waals surface area (Å²) in [7, 11) is 0. The summed E-state index contributed by atoms with van der Waals surface area (Å²) < 4.78 is 0. The number of aliphatic hydroxyl groups is 1. The molecule has 1 N–H and O–H groups in total. The van der Waals surface area contributed by atoms with Crippen molar-refractivity contribution in [1.29, 1.82) is 0 Å². The predicted molar refractivity (Wildman–Crippen MR) is 85.5 cm³/mol. The van der Waals surface area contributed by atoms with E-state index in [1.54, 1.807) is 18.2 Å². The van der Waals surface area contributed by atoms with E-state index in [0.717, 1.165) is 17.5 Å². The van der Waals surface area contributed by atoms with Gasteiger partial charge in [-0.05, 0) is 41.2 Å². The highest BCUT2D eigenvalue weighted by molar-refractivity contribution is 6.42. The Labute approximate surface area is 130 Å². The molecule has 0 fully saturated rings. The van der Waals surface area contributed by atoms with Gasteiger partial charge in [-0.2, -0.15) is 0 Å². The quantitative estimate of drug-likeness (QED) is 0.815. The third kappa shape index (κ3) is 3.76. The maximum atomic E-state index is 10.4. The third-order valence-electron chi connectivity index (χ3n) is 3.20. The second-order valence-corrected chi connectivity index (χ2v) is 6.23. The summed E-state index contributed by atoms with van der Waals surface area (Å²) in [6, 6.07) is 13.3. The third-order valence-corrected chi connectivity index (χ3v) is 3.94. The van der Waals surface area contributed by atoms with Gasteiger partial charge < -0.3 is 5.11 Å². The van der Waals surface area contributed by atoms with Gasteiger partial charge in [0.25, 0.3) is 0 Å². The van der Waals surface area contributed by atoms with Crippen LogP contribution in [-0.4, -0.2) is 5.11 Å². The molecular weight excluding hydrogens is 291 g/mol. The monoisotopic (exact) mass is 308 g/mol. The van der Waals surface area contributed by atoms with Crippen molar-refractivity contribution in [2.45, 2.75) is 26.4 Å². The van der Waals surface area contributed by atoms with Crippen LogP contribution in [0.5, 0.6) is 0 Å². The zero-order valence-electron chi connectivity index (χ0n) is 11.6. The number of benzene rings is 2. The van der Waals surface area contributed by atoms with Crippen LogP contribution in [0.2, 0.25) is 10.0 Å². The van der Waals surface area contributed by atoms with Crippen LogP contribution in [0.4, 0.5) is 0 Å². The molecule has 0 aliphatic carbocycles. The zero-order chi connectivity index (χ0) is 14.7. The molecule has 1 nitrogen and oxygen atoms in total. The van der Waals surface area contributed by atoms with Gasteiger partial charge in [0.05, 0.1) is 10.0 Å². The van der Waals surface area contributed by atoms with Crippen molar-refractivity contribution in [3.05, 3.63) is 69.2 Å². The van der Waals surface area contributed by atoms with Crippen molar-refractivity contribution in [3.8, 4) is 0 Å². The SMILES string of the molecule is CC(C)Cc1ccc(C(O)c2ccc(Cl)c(Cl)c2)cc1. The van der Waals surface area contributed by atoms with E-state index in [4.69, 9.17) is 23.2 Å². The predicted octanol–water partition coefficient (Wildman–Crippen LogP) is 5.27. The Balaban J connectivity index is 2.20. The average molecular weight is 309 g/mol. The Morgan fingerprint density at radius 1 is 0.900 bits per heavy atom. The first kappa shape index (κ1) is 15.4. The van der Waals surface area contributed by atoms with Gasteiger partial charge in [-0.15, -0.1) is 0 Å². The maximum Gasteiger partial charge on any atom is 0.104 e. The lowest BCUT2D eigenvalue weighted by Gasteiger charge is -2.13. The van der Waals surface area contributed by atoms with Gasteiger partial charge in [-0.3, -0.25) is 0 Å². The molecule has 2 rings (SSSR count). The zero-order valence-corrected chi connectivity index (χ0v) is 13.1. The van der Waals surface area contributed by atoms with E-state index in [0.29, 0.717) is 16.0 Å². The first-order chi connectivity index (χ1) is 9.47. The Morgan fingerprint density at radius 2 is 1.50 bits per heavy atom. The summed E-state index contributed by atoms with van der Waals surface area (Å²) >= 11 is 11.9. The van der Waals surface area contributed by atoms with Crippen LogP contribution in [0.25, 0.3) is 0 Å². The molecule has 2 aromatic rings. The van der Waals surface area contributed by atoms with Gasteiger partial charge in [0.2, 0.25) is 0 Å². The molecular formula is C17H18Cl2O. The van der Waals surface area contributed by atoms with Crippen molar-refractivity contribution in [3.63, 3.8) is 0 Å². The molecule has 0 radical (unpaired) electrons. The molecule has 0 saturated heterocycles. The Kier molecular flexibility index (Phi) is 5.09. The Bertz CT molecular complexity index is 576. The smallest absolute Gasteiger partial charge is 0.104 e. The van der Waals surface area contributed by atoms with Gasteiger partial charge in [0.15, 0.2) is 0 Å². The van der Waals surface area contributed by atoms with Crippen molar-refractivity contribution in [2.75, 3.05) is 0 Å². The van der Waals surface area contributed by atoms with Gasteiger partial charge >= 0.3 is 0 Å². The molecule has 0 aromatic heterocycles. The van der Waals surface area contributed by atoms with Crippen LogP contribution in [0.3, 0.4) is 0 Å². The molecule has 0 spiro atoms.